The third-order valence-electron chi connectivity index (χ3n) is 4.03. The SMILES string of the molecule is CCCOc1cc([N+](=O)[O-])c2[nH]c(C3=NCC(C(OC)OC)S3)cc2c1. The topological polar surface area (TPSA) is 99.0 Å². The molecule has 1 aliphatic rings. The first-order valence-electron chi connectivity index (χ1n) is 8.28. The van der Waals surface area contributed by atoms with Crippen LogP contribution in [-0.4, -0.2) is 53.9 Å². The van der Waals surface area contributed by atoms with Crippen molar-refractivity contribution in [2.45, 2.75) is 24.9 Å². The standard InChI is InChI=1S/C17H21N3O5S/c1-4-5-25-11-6-10-7-12(19-15(10)13(8-11)20(21)22)16-18-9-14(26-16)17(23-2)24-3/h6-8,14,17,19H,4-5,9H2,1-3H3. The lowest BCUT2D eigenvalue weighted by Gasteiger charge is -2.18. The molecule has 0 spiro atoms. The predicted octanol–water partition coefficient (Wildman–Crippen LogP) is 3.35. The van der Waals surface area contributed by atoms with Crippen molar-refractivity contribution in [3.05, 3.63) is 34.0 Å². The average molecular weight is 379 g/mol. The number of nitro groups is 1. The Balaban J connectivity index is 1.91. The zero-order valence-corrected chi connectivity index (χ0v) is 15.7. The molecule has 1 N–H and O–H groups in total. The second-order valence-corrected chi connectivity index (χ2v) is 7.07. The van der Waals surface area contributed by atoms with E-state index < -0.39 is 4.92 Å². The van der Waals surface area contributed by atoms with Crippen LogP contribution < -0.4 is 4.74 Å². The van der Waals surface area contributed by atoms with Crippen molar-refractivity contribution in [2.75, 3.05) is 27.4 Å². The minimum Gasteiger partial charge on any atom is -0.493 e. The molecule has 1 unspecified atom stereocenters. The molecule has 0 saturated heterocycles. The summed E-state index contributed by atoms with van der Waals surface area (Å²) in [5.74, 6) is 0.495. The van der Waals surface area contributed by atoms with Crippen molar-refractivity contribution >= 4 is 33.4 Å². The number of rotatable bonds is 8. The molecule has 140 valence electrons. The van der Waals surface area contributed by atoms with Gasteiger partial charge >= 0.3 is 0 Å². The van der Waals surface area contributed by atoms with Gasteiger partial charge in [-0.15, -0.1) is 0 Å². The number of non-ortho nitro benzene ring substituents is 1. The largest absolute Gasteiger partial charge is 0.493 e. The van der Waals surface area contributed by atoms with Crippen LogP contribution in [0, 0.1) is 10.1 Å². The fourth-order valence-corrected chi connectivity index (χ4v) is 4.00. The predicted molar refractivity (Wildman–Crippen MR) is 101 cm³/mol. The summed E-state index contributed by atoms with van der Waals surface area (Å²) >= 11 is 1.54. The number of nitrogens with one attached hydrogen (secondary N) is 1. The summed E-state index contributed by atoms with van der Waals surface area (Å²) in [6.45, 7) is 3.06. The Hall–Kier alpha value is -2.10. The van der Waals surface area contributed by atoms with Crippen LogP contribution in [0.1, 0.15) is 19.0 Å². The molecule has 8 nitrogen and oxygen atoms in total. The molecule has 2 heterocycles. The number of fused-ring (bicyclic) bond motifs is 1. The highest BCUT2D eigenvalue weighted by atomic mass is 32.2. The molecule has 9 heteroatoms. The first kappa shape index (κ1) is 18.7. The van der Waals surface area contributed by atoms with Gasteiger partial charge in [0.2, 0.25) is 0 Å². The van der Waals surface area contributed by atoms with Gasteiger partial charge in [-0.3, -0.25) is 15.1 Å². The van der Waals surface area contributed by atoms with Crippen LogP contribution >= 0.6 is 11.8 Å². The van der Waals surface area contributed by atoms with Crippen LogP contribution in [-0.2, 0) is 9.47 Å². The van der Waals surface area contributed by atoms with Gasteiger partial charge in [-0.1, -0.05) is 18.7 Å². The van der Waals surface area contributed by atoms with E-state index in [9.17, 15) is 10.1 Å². The zero-order valence-electron chi connectivity index (χ0n) is 14.9. The van der Waals surface area contributed by atoms with Crippen LogP contribution in [0.5, 0.6) is 5.75 Å². The van der Waals surface area contributed by atoms with E-state index in [1.165, 1.54) is 17.8 Å². The molecule has 0 amide bonds. The fraction of sp³-hybridized carbons (Fsp3) is 0.471. The Kier molecular flexibility index (Phi) is 5.80. The highest BCUT2D eigenvalue weighted by Crippen LogP contribution is 2.35. The number of aromatic amines is 1. The van der Waals surface area contributed by atoms with E-state index in [1.54, 1.807) is 14.2 Å². The van der Waals surface area contributed by atoms with E-state index in [4.69, 9.17) is 14.2 Å². The van der Waals surface area contributed by atoms with Gasteiger partial charge in [-0.2, -0.15) is 0 Å². The van der Waals surface area contributed by atoms with Crippen LogP contribution in [0.2, 0.25) is 0 Å². The number of aliphatic imine (C=N–C) groups is 1. The van der Waals surface area contributed by atoms with Crippen molar-refractivity contribution in [1.29, 1.82) is 0 Å². The summed E-state index contributed by atoms with van der Waals surface area (Å²) in [6.07, 6.45) is 0.480. The molecule has 1 aromatic heterocycles. The first-order valence-corrected chi connectivity index (χ1v) is 9.16. The van der Waals surface area contributed by atoms with Crippen molar-refractivity contribution in [3.63, 3.8) is 0 Å². The average Bonchev–Trinajstić information content (AvgIpc) is 3.27. The molecule has 0 aliphatic carbocycles. The van der Waals surface area contributed by atoms with E-state index in [-0.39, 0.29) is 17.2 Å². The minimum atomic E-state index is -0.403. The molecular formula is C17H21N3O5S. The molecule has 0 bridgehead atoms. The number of nitrogens with zero attached hydrogens (tertiary/aromatic N) is 2. The summed E-state index contributed by atoms with van der Waals surface area (Å²) in [7, 11) is 3.19. The van der Waals surface area contributed by atoms with E-state index in [1.807, 2.05) is 19.1 Å². The lowest BCUT2D eigenvalue weighted by Crippen LogP contribution is -2.28. The normalized spacial score (nSPS) is 17.1. The molecule has 0 radical (unpaired) electrons. The highest BCUT2D eigenvalue weighted by molar-refractivity contribution is 8.15. The molecule has 2 aromatic rings. The lowest BCUT2D eigenvalue weighted by atomic mass is 10.2. The Labute approximate surface area is 155 Å². The molecule has 26 heavy (non-hydrogen) atoms. The van der Waals surface area contributed by atoms with Gasteiger partial charge in [0.25, 0.3) is 5.69 Å². The third-order valence-corrected chi connectivity index (χ3v) is 5.27. The number of methoxy groups -OCH3 is 2. The number of benzene rings is 1. The van der Waals surface area contributed by atoms with Gasteiger partial charge in [0.15, 0.2) is 6.29 Å². The Morgan fingerprint density at radius 2 is 2.15 bits per heavy atom. The lowest BCUT2D eigenvalue weighted by molar-refractivity contribution is -0.383. The quantitative estimate of drug-likeness (QED) is 0.429. The zero-order chi connectivity index (χ0) is 18.7. The highest BCUT2D eigenvalue weighted by Gasteiger charge is 2.30. The van der Waals surface area contributed by atoms with Crippen LogP contribution in [0.3, 0.4) is 0 Å². The summed E-state index contributed by atoms with van der Waals surface area (Å²) < 4.78 is 16.2. The maximum absolute atomic E-state index is 11.5. The summed E-state index contributed by atoms with van der Waals surface area (Å²) in [6, 6.07) is 5.13. The number of hydrogen-bond donors (Lipinski definition) is 1. The van der Waals surface area contributed by atoms with E-state index in [0.29, 0.717) is 24.4 Å². The second kappa shape index (κ2) is 8.07. The van der Waals surface area contributed by atoms with E-state index >= 15 is 0 Å². The van der Waals surface area contributed by atoms with Gasteiger partial charge in [0, 0.05) is 19.6 Å². The molecule has 3 rings (SSSR count). The monoisotopic (exact) mass is 379 g/mol. The smallest absolute Gasteiger partial charge is 0.296 e. The van der Waals surface area contributed by atoms with Gasteiger partial charge in [-0.25, -0.2) is 0 Å². The number of thioether (sulfide) groups is 1. The Morgan fingerprint density at radius 1 is 1.38 bits per heavy atom. The second-order valence-electron chi connectivity index (χ2n) is 5.84. The Bertz CT molecular complexity index is 831. The maximum Gasteiger partial charge on any atom is 0.296 e. The third kappa shape index (κ3) is 3.69. The van der Waals surface area contributed by atoms with E-state index in [0.717, 1.165) is 22.5 Å². The summed E-state index contributed by atoms with van der Waals surface area (Å²) in [5.41, 5.74) is 1.21. The molecule has 1 aliphatic heterocycles. The molecule has 1 atom stereocenters. The van der Waals surface area contributed by atoms with Crippen molar-refractivity contribution in [2.24, 2.45) is 4.99 Å². The van der Waals surface area contributed by atoms with Crippen molar-refractivity contribution < 1.29 is 19.1 Å². The number of aromatic nitrogens is 1. The van der Waals surface area contributed by atoms with Crippen molar-refractivity contribution in [1.82, 2.24) is 4.98 Å². The van der Waals surface area contributed by atoms with Gasteiger partial charge in [0.05, 0.1) is 35.1 Å². The molecule has 1 aromatic carbocycles. The van der Waals surface area contributed by atoms with Gasteiger partial charge in [-0.05, 0) is 18.6 Å². The first-order chi connectivity index (χ1) is 12.6. The molecule has 0 saturated carbocycles. The number of hydrogen-bond acceptors (Lipinski definition) is 7. The molecular weight excluding hydrogens is 358 g/mol. The van der Waals surface area contributed by atoms with Gasteiger partial charge in [0.1, 0.15) is 16.3 Å². The minimum absolute atomic E-state index is 0.00772. The molecule has 0 fully saturated rings. The number of H-pyrrole nitrogens is 1. The van der Waals surface area contributed by atoms with Crippen LogP contribution in [0.25, 0.3) is 10.9 Å². The van der Waals surface area contributed by atoms with E-state index in [2.05, 4.69) is 9.98 Å². The van der Waals surface area contributed by atoms with Crippen LogP contribution in [0.4, 0.5) is 5.69 Å². The van der Waals surface area contributed by atoms with Crippen molar-refractivity contribution in [3.8, 4) is 5.75 Å². The Morgan fingerprint density at radius 3 is 2.81 bits per heavy atom. The summed E-state index contributed by atoms with van der Waals surface area (Å²) in [5, 5.41) is 13.0. The fourth-order valence-electron chi connectivity index (χ4n) is 2.84. The van der Waals surface area contributed by atoms with Crippen LogP contribution in [0.15, 0.2) is 23.2 Å². The number of nitro benzene ring substituents is 1. The maximum atomic E-state index is 11.5. The van der Waals surface area contributed by atoms with Gasteiger partial charge < -0.3 is 19.2 Å². The summed E-state index contributed by atoms with van der Waals surface area (Å²) in [4.78, 5) is 18.7. The number of ether oxygens (including phenoxy) is 3.